The molecule has 0 bridgehead atoms. The van der Waals surface area contributed by atoms with Crippen LogP contribution in [0.2, 0.25) is 5.02 Å². The largest absolute Gasteiger partial charge is 0.384 e. The Hall–Kier alpha value is -1.81. The van der Waals surface area contributed by atoms with E-state index in [9.17, 15) is 4.79 Å². The monoisotopic (exact) mass is 417 g/mol. The topological polar surface area (TPSA) is 54.0 Å². The summed E-state index contributed by atoms with van der Waals surface area (Å²) in [6, 6.07) is 7.82. The van der Waals surface area contributed by atoms with E-state index in [1.807, 2.05) is 30.5 Å². The lowest BCUT2D eigenvalue weighted by Gasteiger charge is -2.10. The minimum atomic E-state index is 0.215. The van der Waals surface area contributed by atoms with E-state index in [1.165, 1.54) is 32.1 Å². The number of benzene rings is 1. The number of carbonyl (C=O) groups excluding carboxylic acids is 1. The Balaban J connectivity index is 1.48. The lowest BCUT2D eigenvalue weighted by Crippen LogP contribution is -2.23. The molecule has 0 atom stereocenters. The molecule has 0 radical (unpaired) electrons. The number of rotatable bonds is 15. The van der Waals surface area contributed by atoms with Crippen LogP contribution in [0.3, 0.4) is 0 Å². The van der Waals surface area contributed by atoms with Crippen LogP contribution in [0.1, 0.15) is 77.6 Å². The summed E-state index contributed by atoms with van der Waals surface area (Å²) < 4.78 is 0. The minimum absolute atomic E-state index is 0.215. The summed E-state index contributed by atoms with van der Waals surface area (Å²) in [4.78, 5) is 16.2. The van der Waals surface area contributed by atoms with Gasteiger partial charge in [-0.05, 0) is 43.5 Å². The number of amides is 1. The first-order chi connectivity index (χ1) is 14.2. The molecule has 0 unspecified atom stereocenters. The Morgan fingerprint density at radius 3 is 2.48 bits per heavy atom. The van der Waals surface area contributed by atoms with Crippen LogP contribution in [-0.2, 0) is 4.79 Å². The van der Waals surface area contributed by atoms with Gasteiger partial charge in [-0.15, -0.1) is 0 Å². The van der Waals surface area contributed by atoms with Crippen molar-refractivity contribution in [2.45, 2.75) is 77.6 Å². The van der Waals surface area contributed by atoms with Crippen LogP contribution in [0.4, 0.5) is 5.69 Å². The average Bonchev–Trinajstić information content (AvgIpc) is 2.72. The third kappa shape index (κ3) is 9.49. The van der Waals surface area contributed by atoms with Crippen molar-refractivity contribution >= 4 is 34.1 Å². The maximum Gasteiger partial charge on any atom is 0.219 e. The van der Waals surface area contributed by atoms with E-state index in [0.29, 0.717) is 11.4 Å². The molecule has 2 N–H and O–H groups in total. The zero-order valence-electron chi connectivity index (χ0n) is 17.8. The number of carbonyl (C=O) groups is 1. The molecule has 0 saturated carbocycles. The van der Waals surface area contributed by atoms with Gasteiger partial charge in [0.2, 0.25) is 5.91 Å². The summed E-state index contributed by atoms with van der Waals surface area (Å²) in [5.41, 5.74) is 2.02. The van der Waals surface area contributed by atoms with Crippen molar-refractivity contribution in [2.75, 3.05) is 18.4 Å². The lowest BCUT2D eigenvalue weighted by molar-refractivity contribution is -0.121. The number of nitrogens with one attached hydrogen (secondary N) is 2. The molecule has 1 heterocycles. The second-order valence-electron chi connectivity index (χ2n) is 7.73. The molecule has 0 aliphatic rings. The van der Waals surface area contributed by atoms with E-state index in [4.69, 9.17) is 11.6 Å². The van der Waals surface area contributed by atoms with E-state index in [0.717, 1.165) is 61.8 Å². The fourth-order valence-corrected chi connectivity index (χ4v) is 3.65. The molecule has 0 aliphatic heterocycles. The Kier molecular flexibility index (Phi) is 11.5. The molecule has 5 heteroatoms. The molecule has 2 aromatic rings. The molecule has 29 heavy (non-hydrogen) atoms. The van der Waals surface area contributed by atoms with Gasteiger partial charge >= 0.3 is 0 Å². The number of nitrogens with zero attached hydrogens (tertiary/aromatic N) is 1. The maximum absolute atomic E-state index is 11.8. The fourth-order valence-electron chi connectivity index (χ4n) is 3.48. The van der Waals surface area contributed by atoms with Crippen LogP contribution in [0.25, 0.3) is 10.9 Å². The normalized spacial score (nSPS) is 11.0. The molecule has 0 fully saturated rings. The SMILES string of the molecule is CCCCCCCCC(=O)NCCCCCCNc1ccnc2cc(Cl)ccc12. The number of pyridine rings is 1. The predicted molar refractivity (Wildman–Crippen MR) is 125 cm³/mol. The lowest BCUT2D eigenvalue weighted by atomic mass is 10.1. The number of aromatic nitrogens is 1. The van der Waals surface area contributed by atoms with Crippen molar-refractivity contribution in [1.82, 2.24) is 10.3 Å². The van der Waals surface area contributed by atoms with Crippen molar-refractivity contribution in [3.63, 3.8) is 0 Å². The second kappa shape index (κ2) is 14.2. The van der Waals surface area contributed by atoms with Gasteiger partial charge in [-0.3, -0.25) is 9.78 Å². The number of halogens is 1. The van der Waals surface area contributed by atoms with Crippen LogP contribution in [0, 0.1) is 0 Å². The first-order valence-electron chi connectivity index (χ1n) is 11.3. The van der Waals surface area contributed by atoms with Crippen molar-refractivity contribution in [1.29, 1.82) is 0 Å². The quantitative estimate of drug-likeness (QED) is 0.316. The first kappa shape index (κ1) is 23.5. The predicted octanol–water partition coefficient (Wildman–Crippen LogP) is 6.73. The summed E-state index contributed by atoms with van der Waals surface area (Å²) in [6.45, 7) is 3.97. The maximum atomic E-state index is 11.8. The third-order valence-corrected chi connectivity index (χ3v) is 5.44. The first-order valence-corrected chi connectivity index (χ1v) is 11.6. The van der Waals surface area contributed by atoms with Gasteiger partial charge in [-0.2, -0.15) is 0 Å². The summed E-state index contributed by atoms with van der Waals surface area (Å²) in [5.74, 6) is 0.215. The highest BCUT2D eigenvalue weighted by molar-refractivity contribution is 6.31. The Morgan fingerprint density at radius 1 is 0.931 bits per heavy atom. The molecule has 1 aromatic heterocycles. The van der Waals surface area contributed by atoms with E-state index in [-0.39, 0.29) is 5.91 Å². The summed E-state index contributed by atoms with van der Waals surface area (Å²) in [5, 5.41) is 8.37. The molecule has 1 amide bonds. The molecule has 0 saturated heterocycles. The molecule has 1 aromatic carbocycles. The van der Waals surface area contributed by atoms with Gasteiger partial charge in [0.15, 0.2) is 0 Å². The molecular formula is C24H36ClN3O. The van der Waals surface area contributed by atoms with Crippen LogP contribution in [0.5, 0.6) is 0 Å². The Labute approximate surface area is 180 Å². The van der Waals surface area contributed by atoms with Crippen molar-refractivity contribution in [3.05, 3.63) is 35.5 Å². The zero-order valence-corrected chi connectivity index (χ0v) is 18.6. The number of fused-ring (bicyclic) bond motifs is 1. The van der Waals surface area contributed by atoms with Gasteiger partial charge < -0.3 is 10.6 Å². The molecular weight excluding hydrogens is 382 g/mol. The molecule has 0 aliphatic carbocycles. The van der Waals surface area contributed by atoms with E-state index in [1.54, 1.807) is 0 Å². The second-order valence-corrected chi connectivity index (χ2v) is 8.17. The van der Waals surface area contributed by atoms with Gasteiger partial charge in [0, 0.05) is 41.8 Å². The van der Waals surface area contributed by atoms with Crippen LogP contribution in [-0.4, -0.2) is 24.0 Å². The van der Waals surface area contributed by atoms with Crippen LogP contribution < -0.4 is 10.6 Å². The highest BCUT2D eigenvalue weighted by atomic mass is 35.5. The van der Waals surface area contributed by atoms with Gasteiger partial charge in [-0.25, -0.2) is 0 Å². The fraction of sp³-hybridized carbons (Fsp3) is 0.583. The molecule has 2 rings (SSSR count). The number of anilines is 1. The van der Waals surface area contributed by atoms with E-state index < -0.39 is 0 Å². The number of unbranched alkanes of at least 4 members (excludes halogenated alkanes) is 8. The van der Waals surface area contributed by atoms with Crippen molar-refractivity contribution in [2.24, 2.45) is 0 Å². The van der Waals surface area contributed by atoms with E-state index >= 15 is 0 Å². The highest BCUT2D eigenvalue weighted by Crippen LogP contribution is 2.24. The number of hydrogen-bond acceptors (Lipinski definition) is 3. The summed E-state index contributed by atoms with van der Waals surface area (Å²) in [7, 11) is 0. The third-order valence-electron chi connectivity index (χ3n) is 5.20. The van der Waals surface area contributed by atoms with Crippen molar-refractivity contribution in [3.8, 4) is 0 Å². The summed E-state index contributed by atoms with van der Waals surface area (Å²) >= 11 is 6.04. The molecule has 4 nitrogen and oxygen atoms in total. The molecule has 0 spiro atoms. The smallest absolute Gasteiger partial charge is 0.219 e. The van der Waals surface area contributed by atoms with Gasteiger partial charge in [-0.1, -0.05) is 63.5 Å². The van der Waals surface area contributed by atoms with Crippen LogP contribution >= 0.6 is 11.6 Å². The Morgan fingerprint density at radius 2 is 1.66 bits per heavy atom. The van der Waals surface area contributed by atoms with Crippen molar-refractivity contribution < 1.29 is 4.79 Å². The highest BCUT2D eigenvalue weighted by Gasteiger charge is 2.03. The Bertz CT molecular complexity index is 735. The average molecular weight is 418 g/mol. The van der Waals surface area contributed by atoms with Gasteiger partial charge in [0.1, 0.15) is 0 Å². The van der Waals surface area contributed by atoms with Gasteiger partial charge in [0.05, 0.1) is 5.52 Å². The van der Waals surface area contributed by atoms with Crippen LogP contribution in [0.15, 0.2) is 30.5 Å². The molecule has 160 valence electrons. The summed E-state index contributed by atoms with van der Waals surface area (Å²) in [6.07, 6.45) is 14.3. The standard InChI is InChI=1S/C24H36ClN3O/c1-2-3-4-5-6-9-12-24(29)28-17-11-8-7-10-16-26-22-15-18-27-23-19-20(25)13-14-21(22)23/h13-15,18-19H,2-12,16-17H2,1H3,(H,26,27)(H,28,29). The number of hydrogen-bond donors (Lipinski definition) is 2. The minimum Gasteiger partial charge on any atom is -0.384 e. The zero-order chi connectivity index (χ0) is 20.7. The van der Waals surface area contributed by atoms with Gasteiger partial charge in [0.25, 0.3) is 0 Å². The van der Waals surface area contributed by atoms with E-state index in [2.05, 4.69) is 22.5 Å².